The van der Waals surface area contributed by atoms with Gasteiger partial charge in [0.15, 0.2) is 0 Å². The molecule has 0 saturated heterocycles. The van der Waals surface area contributed by atoms with E-state index in [-0.39, 0.29) is 11.9 Å². The summed E-state index contributed by atoms with van der Waals surface area (Å²) in [5.74, 6) is 0.653. The molecule has 3 rings (SSSR count). The molecule has 1 N–H and O–H groups in total. The summed E-state index contributed by atoms with van der Waals surface area (Å²) in [6, 6.07) is 12.0. The van der Waals surface area contributed by atoms with Crippen molar-refractivity contribution >= 4 is 17.2 Å². The van der Waals surface area contributed by atoms with E-state index in [4.69, 9.17) is 4.74 Å². The van der Waals surface area contributed by atoms with E-state index < -0.39 is 16.2 Å². The van der Waals surface area contributed by atoms with E-state index in [1.807, 2.05) is 38.1 Å². The van der Waals surface area contributed by atoms with Crippen molar-refractivity contribution < 1.29 is 9.66 Å². The van der Waals surface area contributed by atoms with Crippen molar-refractivity contribution in [1.29, 1.82) is 0 Å². The average molecular weight is 354 g/mol. The first-order valence-electron chi connectivity index (χ1n) is 8.16. The van der Waals surface area contributed by atoms with Crippen molar-refractivity contribution in [2.45, 2.75) is 19.9 Å². The Bertz CT molecular complexity index is 1020. The van der Waals surface area contributed by atoms with Gasteiger partial charge in [0, 0.05) is 6.20 Å². The first-order valence-corrected chi connectivity index (χ1v) is 8.16. The third-order valence-corrected chi connectivity index (χ3v) is 3.92. The smallest absolute Gasteiger partial charge is 0.376 e. The first-order chi connectivity index (χ1) is 12.5. The lowest BCUT2D eigenvalue weighted by Crippen LogP contribution is -2.22. The van der Waals surface area contributed by atoms with Crippen LogP contribution >= 0.6 is 0 Å². The van der Waals surface area contributed by atoms with Gasteiger partial charge in [-0.15, -0.1) is 0 Å². The highest BCUT2D eigenvalue weighted by Gasteiger charge is 2.24. The van der Waals surface area contributed by atoms with Crippen LogP contribution in [0.25, 0.3) is 5.65 Å². The van der Waals surface area contributed by atoms with E-state index in [0.29, 0.717) is 18.0 Å². The fourth-order valence-electron chi connectivity index (χ4n) is 2.67. The molecule has 0 aliphatic rings. The molecule has 0 aliphatic carbocycles. The molecule has 0 bridgehead atoms. The largest absolute Gasteiger partial charge is 0.494 e. The summed E-state index contributed by atoms with van der Waals surface area (Å²) in [4.78, 5) is 27.5. The van der Waals surface area contributed by atoms with Gasteiger partial charge in [-0.25, -0.2) is 4.98 Å². The topological polar surface area (TPSA) is 98.8 Å². The standard InChI is InChI=1S/C18H18N4O4/c1-3-26-14-8-6-7-13(11-14)12(2)19-17-16(22(24)25)18(23)21-10-5-4-9-15(21)20-17/h4-12,19H,3H2,1-2H3. The van der Waals surface area contributed by atoms with E-state index in [2.05, 4.69) is 10.3 Å². The maximum atomic E-state index is 12.5. The zero-order valence-corrected chi connectivity index (χ0v) is 14.4. The predicted molar refractivity (Wildman–Crippen MR) is 97.8 cm³/mol. The summed E-state index contributed by atoms with van der Waals surface area (Å²) in [5.41, 5.74) is -0.110. The molecule has 1 atom stereocenters. The normalized spacial score (nSPS) is 11.9. The Hall–Kier alpha value is -3.42. The van der Waals surface area contributed by atoms with Crippen LogP contribution < -0.4 is 15.6 Å². The van der Waals surface area contributed by atoms with E-state index in [1.165, 1.54) is 6.20 Å². The summed E-state index contributed by atoms with van der Waals surface area (Å²) in [6.07, 6.45) is 1.45. The number of benzene rings is 1. The minimum absolute atomic E-state index is 0.0551. The number of aromatic nitrogens is 2. The molecule has 0 aliphatic heterocycles. The minimum Gasteiger partial charge on any atom is -0.494 e. The van der Waals surface area contributed by atoms with Crippen molar-refractivity contribution in [3.05, 3.63) is 74.7 Å². The van der Waals surface area contributed by atoms with Crippen molar-refractivity contribution in [1.82, 2.24) is 9.38 Å². The van der Waals surface area contributed by atoms with Crippen LogP contribution in [0.3, 0.4) is 0 Å². The van der Waals surface area contributed by atoms with Crippen molar-refractivity contribution in [3.63, 3.8) is 0 Å². The molecule has 0 spiro atoms. The van der Waals surface area contributed by atoms with Crippen LogP contribution in [0.2, 0.25) is 0 Å². The molecule has 134 valence electrons. The lowest BCUT2D eigenvalue weighted by molar-refractivity contribution is -0.385. The van der Waals surface area contributed by atoms with Crippen molar-refractivity contribution in [2.24, 2.45) is 0 Å². The molecule has 26 heavy (non-hydrogen) atoms. The second kappa shape index (κ2) is 7.22. The molecule has 1 aromatic carbocycles. The molecule has 2 aromatic heterocycles. The van der Waals surface area contributed by atoms with Gasteiger partial charge in [-0.3, -0.25) is 19.3 Å². The van der Waals surface area contributed by atoms with Crippen LogP contribution in [0.15, 0.2) is 53.5 Å². The highest BCUT2D eigenvalue weighted by atomic mass is 16.6. The Labute approximate surface area is 149 Å². The fraction of sp³-hybridized carbons (Fsp3) is 0.222. The quantitative estimate of drug-likeness (QED) is 0.539. The third kappa shape index (κ3) is 3.34. The van der Waals surface area contributed by atoms with Crippen LogP contribution in [-0.4, -0.2) is 20.9 Å². The van der Waals surface area contributed by atoms with Crippen LogP contribution in [0.4, 0.5) is 11.5 Å². The molecular formula is C18H18N4O4. The number of fused-ring (bicyclic) bond motifs is 1. The molecule has 0 radical (unpaired) electrons. The number of pyridine rings is 1. The molecule has 8 nitrogen and oxygen atoms in total. The van der Waals surface area contributed by atoms with Crippen molar-refractivity contribution in [3.8, 4) is 5.75 Å². The Morgan fingerprint density at radius 1 is 1.31 bits per heavy atom. The second-order valence-corrected chi connectivity index (χ2v) is 5.67. The number of hydrogen-bond donors (Lipinski definition) is 1. The lowest BCUT2D eigenvalue weighted by atomic mass is 10.1. The van der Waals surface area contributed by atoms with E-state index in [9.17, 15) is 14.9 Å². The van der Waals surface area contributed by atoms with Crippen LogP contribution in [-0.2, 0) is 0 Å². The summed E-state index contributed by atoms with van der Waals surface area (Å²) in [7, 11) is 0. The number of nitrogens with zero attached hydrogens (tertiary/aromatic N) is 3. The van der Waals surface area contributed by atoms with Gasteiger partial charge in [0.25, 0.3) is 0 Å². The van der Waals surface area contributed by atoms with Crippen LogP contribution in [0, 0.1) is 10.1 Å². The van der Waals surface area contributed by atoms with E-state index >= 15 is 0 Å². The van der Waals surface area contributed by atoms with Crippen molar-refractivity contribution in [2.75, 3.05) is 11.9 Å². The monoisotopic (exact) mass is 354 g/mol. The predicted octanol–water partition coefficient (Wildman–Crippen LogP) is 3.17. The summed E-state index contributed by atoms with van der Waals surface area (Å²) < 4.78 is 6.64. The van der Waals surface area contributed by atoms with E-state index in [0.717, 1.165) is 9.96 Å². The molecule has 3 aromatic rings. The Kier molecular flexibility index (Phi) is 4.83. The van der Waals surface area contributed by atoms with Gasteiger partial charge in [0.1, 0.15) is 11.4 Å². The number of hydrogen-bond acceptors (Lipinski definition) is 6. The van der Waals surface area contributed by atoms with Crippen LogP contribution in [0.5, 0.6) is 5.75 Å². The minimum atomic E-state index is -0.724. The maximum absolute atomic E-state index is 12.5. The first kappa shape index (κ1) is 17.4. The van der Waals surface area contributed by atoms with Gasteiger partial charge in [0.2, 0.25) is 5.82 Å². The highest BCUT2D eigenvalue weighted by Crippen LogP contribution is 2.26. The number of rotatable bonds is 6. The van der Waals surface area contributed by atoms with Crippen LogP contribution in [0.1, 0.15) is 25.5 Å². The number of anilines is 1. The maximum Gasteiger partial charge on any atom is 0.376 e. The molecule has 2 heterocycles. The molecule has 0 saturated carbocycles. The third-order valence-electron chi connectivity index (χ3n) is 3.92. The van der Waals surface area contributed by atoms with Gasteiger partial charge in [-0.1, -0.05) is 18.2 Å². The van der Waals surface area contributed by atoms with Gasteiger partial charge < -0.3 is 10.1 Å². The molecule has 8 heteroatoms. The zero-order valence-electron chi connectivity index (χ0n) is 14.4. The number of ether oxygens (including phenoxy) is 1. The SMILES string of the molecule is CCOc1cccc(C(C)Nc2nc3ccccn3c(=O)c2[N+](=O)[O-])c1. The zero-order chi connectivity index (χ0) is 18.7. The van der Waals surface area contributed by atoms with Gasteiger partial charge in [-0.05, 0) is 43.7 Å². The van der Waals surface area contributed by atoms with Gasteiger partial charge in [-0.2, -0.15) is 0 Å². The molecule has 0 amide bonds. The fourth-order valence-corrected chi connectivity index (χ4v) is 2.67. The summed E-state index contributed by atoms with van der Waals surface area (Å²) >= 11 is 0. The van der Waals surface area contributed by atoms with E-state index in [1.54, 1.807) is 18.2 Å². The second-order valence-electron chi connectivity index (χ2n) is 5.67. The highest BCUT2D eigenvalue weighted by molar-refractivity contribution is 5.60. The summed E-state index contributed by atoms with van der Waals surface area (Å²) in [6.45, 7) is 4.27. The van der Waals surface area contributed by atoms with Gasteiger partial charge in [0.05, 0.1) is 17.6 Å². The Morgan fingerprint density at radius 3 is 2.85 bits per heavy atom. The summed E-state index contributed by atoms with van der Waals surface area (Å²) in [5, 5.41) is 14.4. The number of nitro groups is 1. The number of nitrogens with one attached hydrogen (secondary N) is 1. The Morgan fingerprint density at radius 2 is 2.12 bits per heavy atom. The van der Waals surface area contributed by atoms with Gasteiger partial charge >= 0.3 is 11.2 Å². The molecular weight excluding hydrogens is 336 g/mol. The average Bonchev–Trinajstić information content (AvgIpc) is 2.62. The Balaban J connectivity index is 2.02. The molecule has 0 fully saturated rings. The molecule has 1 unspecified atom stereocenters. The lowest BCUT2D eigenvalue weighted by Gasteiger charge is -2.16.